The van der Waals surface area contributed by atoms with Crippen molar-refractivity contribution >= 4 is 52.1 Å². The number of carbonyl (C=O) groups excluding carboxylic acids is 1. The standard InChI is InChI=1S/C23H24Cl3N3O2/c1-13-21(23(31)27-18-4-2-3-5-20(18)30)28-29(19-11-10-16(25)12-17(19)26)22(13)14-6-8-15(24)9-7-14/h6-13,18,20,22,30H,2-5H2,1H3,(H,27,31)/t13?,18-,20-,22?/m1/s1. The lowest BCUT2D eigenvalue weighted by atomic mass is 9.89. The summed E-state index contributed by atoms with van der Waals surface area (Å²) < 4.78 is 0. The first-order chi connectivity index (χ1) is 14.8. The van der Waals surface area contributed by atoms with Gasteiger partial charge in [0.25, 0.3) is 5.91 Å². The molecule has 1 aliphatic heterocycles. The lowest BCUT2D eigenvalue weighted by molar-refractivity contribution is -0.116. The molecule has 0 spiro atoms. The van der Waals surface area contributed by atoms with E-state index >= 15 is 0 Å². The zero-order chi connectivity index (χ0) is 22.1. The highest BCUT2D eigenvalue weighted by Crippen LogP contribution is 2.42. The lowest BCUT2D eigenvalue weighted by Crippen LogP contribution is -2.48. The molecule has 2 aromatic rings. The number of anilines is 1. The van der Waals surface area contributed by atoms with Crippen molar-refractivity contribution in [1.82, 2.24) is 5.32 Å². The molecule has 8 heteroatoms. The van der Waals surface area contributed by atoms with Gasteiger partial charge in [0.1, 0.15) is 5.71 Å². The molecule has 164 valence electrons. The van der Waals surface area contributed by atoms with Crippen molar-refractivity contribution in [2.45, 2.75) is 50.8 Å². The number of hydrazone groups is 1. The van der Waals surface area contributed by atoms with Crippen LogP contribution in [0, 0.1) is 5.92 Å². The third kappa shape index (κ3) is 4.70. The highest BCUT2D eigenvalue weighted by Gasteiger charge is 2.41. The Morgan fingerprint density at radius 1 is 1.06 bits per heavy atom. The third-order valence-corrected chi connectivity index (χ3v) is 6.82. The molecule has 1 fully saturated rings. The minimum Gasteiger partial charge on any atom is -0.391 e. The van der Waals surface area contributed by atoms with Crippen LogP contribution in [0.4, 0.5) is 5.69 Å². The molecule has 1 heterocycles. The molecule has 0 aromatic heterocycles. The number of halogens is 3. The second kappa shape index (κ2) is 9.37. The van der Waals surface area contributed by atoms with Crippen LogP contribution < -0.4 is 10.3 Å². The molecule has 1 saturated carbocycles. The number of aliphatic hydroxyl groups is 1. The largest absolute Gasteiger partial charge is 0.391 e. The van der Waals surface area contributed by atoms with Crippen molar-refractivity contribution < 1.29 is 9.90 Å². The monoisotopic (exact) mass is 479 g/mol. The van der Waals surface area contributed by atoms with E-state index in [-0.39, 0.29) is 23.9 Å². The molecule has 5 nitrogen and oxygen atoms in total. The van der Waals surface area contributed by atoms with Crippen LogP contribution >= 0.6 is 34.8 Å². The summed E-state index contributed by atoms with van der Waals surface area (Å²) in [5.74, 6) is -0.473. The average molecular weight is 481 g/mol. The van der Waals surface area contributed by atoms with E-state index in [1.807, 2.05) is 31.2 Å². The van der Waals surface area contributed by atoms with Crippen LogP contribution in [0.5, 0.6) is 0 Å². The number of aliphatic hydroxyl groups excluding tert-OH is 1. The molecule has 1 amide bonds. The van der Waals surface area contributed by atoms with E-state index in [4.69, 9.17) is 39.9 Å². The molecule has 2 aromatic carbocycles. The van der Waals surface area contributed by atoms with Crippen molar-refractivity contribution in [3.63, 3.8) is 0 Å². The highest BCUT2D eigenvalue weighted by atomic mass is 35.5. The predicted octanol–water partition coefficient (Wildman–Crippen LogP) is 5.62. The molecule has 2 aliphatic rings. The normalized spacial score (nSPS) is 26.0. The molecule has 2 N–H and O–H groups in total. The molecule has 1 aliphatic carbocycles. The Labute approximate surface area is 197 Å². The van der Waals surface area contributed by atoms with E-state index in [9.17, 15) is 9.90 Å². The molecule has 0 saturated heterocycles. The molecular weight excluding hydrogens is 457 g/mol. The minimum absolute atomic E-state index is 0.214. The van der Waals surface area contributed by atoms with Crippen molar-refractivity contribution in [1.29, 1.82) is 0 Å². The van der Waals surface area contributed by atoms with Crippen LogP contribution in [0.1, 0.15) is 44.2 Å². The Hall–Kier alpha value is -1.79. The van der Waals surface area contributed by atoms with E-state index in [0.717, 1.165) is 24.8 Å². The number of nitrogens with one attached hydrogen (secondary N) is 1. The quantitative estimate of drug-likeness (QED) is 0.597. The lowest BCUT2D eigenvalue weighted by Gasteiger charge is -2.29. The number of carbonyl (C=O) groups is 1. The second-order valence-corrected chi connectivity index (χ2v) is 9.42. The van der Waals surface area contributed by atoms with Crippen LogP contribution in [0.15, 0.2) is 47.6 Å². The second-order valence-electron chi connectivity index (χ2n) is 8.14. The van der Waals surface area contributed by atoms with Crippen LogP contribution in [0.3, 0.4) is 0 Å². The van der Waals surface area contributed by atoms with Crippen LogP contribution in [0.2, 0.25) is 15.1 Å². The maximum absolute atomic E-state index is 13.2. The van der Waals surface area contributed by atoms with Gasteiger partial charge in [-0.25, -0.2) is 0 Å². The van der Waals surface area contributed by atoms with E-state index in [2.05, 4.69) is 5.32 Å². The van der Waals surface area contributed by atoms with Gasteiger partial charge in [0, 0.05) is 16.0 Å². The van der Waals surface area contributed by atoms with Crippen molar-refractivity contribution in [2.75, 3.05) is 5.01 Å². The number of nitrogens with zero attached hydrogens (tertiary/aromatic N) is 2. The fraction of sp³-hybridized carbons (Fsp3) is 0.391. The Kier molecular flexibility index (Phi) is 6.77. The maximum atomic E-state index is 13.2. The Bertz CT molecular complexity index is 996. The molecule has 0 radical (unpaired) electrons. The number of rotatable bonds is 4. The van der Waals surface area contributed by atoms with Gasteiger partial charge >= 0.3 is 0 Å². The molecule has 4 atom stereocenters. The van der Waals surface area contributed by atoms with Gasteiger partial charge in [0.05, 0.1) is 28.9 Å². The predicted molar refractivity (Wildman–Crippen MR) is 126 cm³/mol. The van der Waals surface area contributed by atoms with Gasteiger partial charge in [-0.05, 0) is 48.7 Å². The third-order valence-electron chi connectivity index (χ3n) is 6.03. The van der Waals surface area contributed by atoms with Gasteiger partial charge in [-0.15, -0.1) is 0 Å². The summed E-state index contributed by atoms with van der Waals surface area (Å²) >= 11 is 18.7. The fourth-order valence-electron chi connectivity index (χ4n) is 4.37. The number of hydrogen-bond donors (Lipinski definition) is 2. The Morgan fingerprint density at radius 2 is 1.74 bits per heavy atom. The van der Waals surface area contributed by atoms with E-state index in [1.165, 1.54) is 0 Å². The van der Waals surface area contributed by atoms with Crippen LogP contribution in [-0.2, 0) is 4.79 Å². The van der Waals surface area contributed by atoms with Gasteiger partial charge in [-0.3, -0.25) is 9.80 Å². The van der Waals surface area contributed by atoms with Gasteiger partial charge in [-0.1, -0.05) is 66.7 Å². The summed E-state index contributed by atoms with van der Waals surface area (Å²) in [5.41, 5.74) is 2.04. The smallest absolute Gasteiger partial charge is 0.268 e. The van der Waals surface area contributed by atoms with Crippen molar-refractivity contribution in [3.05, 3.63) is 63.1 Å². The molecule has 0 bridgehead atoms. The first-order valence-corrected chi connectivity index (χ1v) is 11.6. The molecule has 4 rings (SSSR count). The molecular formula is C23H24Cl3N3O2. The summed E-state index contributed by atoms with van der Waals surface area (Å²) in [4.78, 5) is 13.2. The first kappa shape index (κ1) is 22.4. The van der Waals surface area contributed by atoms with Crippen LogP contribution in [-0.4, -0.2) is 28.9 Å². The Morgan fingerprint density at radius 3 is 2.42 bits per heavy atom. The zero-order valence-electron chi connectivity index (χ0n) is 17.1. The Balaban J connectivity index is 1.68. The topological polar surface area (TPSA) is 64.9 Å². The van der Waals surface area contributed by atoms with Crippen LogP contribution in [0.25, 0.3) is 0 Å². The van der Waals surface area contributed by atoms with Crippen molar-refractivity contribution in [3.8, 4) is 0 Å². The zero-order valence-corrected chi connectivity index (χ0v) is 19.3. The summed E-state index contributed by atoms with van der Waals surface area (Å²) in [7, 11) is 0. The SMILES string of the molecule is CC1C(C(=O)N[C@@H]2CCCC[C@H]2O)=NN(c2ccc(Cl)cc2Cl)C1c1ccc(Cl)cc1. The van der Waals surface area contributed by atoms with Gasteiger partial charge in [-0.2, -0.15) is 5.10 Å². The van der Waals surface area contributed by atoms with E-state index < -0.39 is 6.10 Å². The summed E-state index contributed by atoms with van der Waals surface area (Å²) in [5, 5.41) is 21.3. The van der Waals surface area contributed by atoms with Gasteiger partial charge < -0.3 is 10.4 Å². The molecule has 2 unspecified atom stereocenters. The maximum Gasteiger partial charge on any atom is 0.268 e. The van der Waals surface area contributed by atoms with E-state index in [1.54, 1.807) is 23.2 Å². The summed E-state index contributed by atoms with van der Waals surface area (Å²) in [6.45, 7) is 1.97. The molecule has 31 heavy (non-hydrogen) atoms. The minimum atomic E-state index is -0.524. The van der Waals surface area contributed by atoms with Crippen molar-refractivity contribution in [2.24, 2.45) is 11.0 Å². The number of benzene rings is 2. The highest BCUT2D eigenvalue weighted by molar-refractivity contribution is 6.41. The summed E-state index contributed by atoms with van der Waals surface area (Å²) in [6.07, 6.45) is 2.91. The fourth-order valence-corrected chi connectivity index (χ4v) is 4.99. The van der Waals surface area contributed by atoms with Gasteiger partial charge in [0.15, 0.2) is 0 Å². The number of hydrogen-bond acceptors (Lipinski definition) is 4. The average Bonchev–Trinajstić information content (AvgIpc) is 3.07. The first-order valence-electron chi connectivity index (χ1n) is 10.4. The number of amides is 1. The summed E-state index contributed by atoms with van der Waals surface area (Å²) in [6, 6.07) is 12.2. The van der Waals surface area contributed by atoms with Gasteiger partial charge in [0.2, 0.25) is 0 Å². The van der Waals surface area contributed by atoms with E-state index in [0.29, 0.717) is 32.9 Å².